The number of carbonyl (C=O) groups is 2. The fraction of sp³-hybridized carbons (Fsp3) is 0.625. The van der Waals surface area contributed by atoms with Gasteiger partial charge in [0.1, 0.15) is 5.00 Å². The summed E-state index contributed by atoms with van der Waals surface area (Å²) in [4.78, 5) is 27.4. The van der Waals surface area contributed by atoms with E-state index in [4.69, 9.17) is 10.5 Å². The van der Waals surface area contributed by atoms with Crippen LogP contribution in [-0.2, 0) is 22.4 Å². The molecule has 126 valence electrons. The number of nitrogens with two attached hydrogens (primary N) is 1. The largest absolute Gasteiger partial charge is 0.373 e. The summed E-state index contributed by atoms with van der Waals surface area (Å²) in [6.45, 7) is 5.80. The van der Waals surface area contributed by atoms with Crippen molar-refractivity contribution in [3.8, 4) is 0 Å². The van der Waals surface area contributed by atoms with E-state index < -0.39 is 5.91 Å². The van der Waals surface area contributed by atoms with Crippen molar-refractivity contribution in [1.82, 2.24) is 4.90 Å². The third-order valence-corrected chi connectivity index (χ3v) is 5.49. The fourth-order valence-corrected chi connectivity index (χ4v) is 4.85. The van der Waals surface area contributed by atoms with Gasteiger partial charge in [0, 0.05) is 18.0 Å². The Labute approximate surface area is 140 Å². The van der Waals surface area contributed by atoms with Crippen molar-refractivity contribution in [2.24, 2.45) is 5.73 Å². The number of nitrogens with one attached hydrogen (secondary N) is 1. The van der Waals surface area contributed by atoms with Crippen molar-refractivity contribution < 1.29 is 14.3 Å². The number of ether oxygens (including phenoxy) is 1. The molecule has 1 aliphatic carbocycles. The van der Waals surface area contributed by atoms with Gasteiger partial charge in [-0.2, -0.15) is 0 Å². The van der Waals surface area contributed by atoms with Crippen LogP contribution in [0.15, 0.2) is 0 Å². The van der Waals surface area contributed by atoms with Gasteiger partial charge in [0.15, 0.2) is 0 Å². The standard InChI is InChI=1S/C16H23N3O3S/c1-9-6-19(7-10(2)22-9)8-13(20)18-16-14(15(17)21)11-4-3-5-12(11)23-16/h9-10H,3-8H2,1-2H3,(H2,17,21)(H,18,20)/t9-,10+. The molecule has 1 aliphatic heterocycles. The average molecular weight is 337 g/mol. The molecule has 0 aromatic carbocycles. The third kappa shape index (κ3) is 3.57. The van der Waals surface area contributed by atoms with Crippen LogP contribution in [0.1, 0.15) is 41.1 Å². The van der Waals surface area contributed by atoms with Gasteiger partial charge >= 0.3 is 0 Å². The minimum absolute atomic E-state index is 0.103. The van der Waals surface area contributed by atoms with Crippen molar-refractivity contribution in [3.63, 3.8) is 0 Å². The van der Waals surface area contributed by atoms with Crippen LogP contribution in [-0.4, -0.2) is 48.6 Å². The number of fused-ring (bicyclic) bond motifs is 1. The number of anilines is 1. The molecule has 2 atom stereocenters. The third-order valence-electron chi connectivity index (χ3n) is 4.28. The second kappa shape index (κ2) is 6.59. The maximum atomic E-state index is 12.4. The molecule has 3 N–H and O–H groups in total. The van der Waals surface area contributed by atoms with E-state index in [-0.39, 0.29) is 18.1 Å². The van der Waals surface area contributed by atoms with Crippen molar-refractivity contribution in [2.45, 2.75) is 45.3 Å². The molecule has 23 heavy (non-hydrogen) atoms. The number of nitrogens with zero attached hydrogens (tertiary/aromatic N) is 1. The number of rotatable bonds is 4. The second-order valence-corrected chi connectivity index (χ2v) is 7.53. The molecule has 2 heterocycles. The molecular formula is C16H23N3O3S. The number of aryl methyl sites for hydroxylation is 1. The Morgan fingerprint density at radius 3 is 2.65 bits per heavy atom. The first-order valence-electron chi connectivity index (χ1n) is 8.06. The first-order chi connectivity index (χ1) is 10.9. The summed E-state index contributed by atoms with van der Waals surface area (Å²) in [7, 11) is 0. The first-order valence-corrected chi connectivity index (χ1v) is 8.87. The van der Waals surface area contributed by atoms with Crippen molar-refractivity contribution in [1.29, 1.82) is 0 Å². The van der Waals surface area contributed by atoms with Crippen LogP contribution in [0.2, 0.25) is 0 Å². The normalized spacial score (nSPS) is 24.4. The molecule has 1 aromatic rings. The van der Waals surface area contributed by atoms with Gasteiger partial charge in [-0.1, -0.05) is 0 Å². The van der Waals surface area contributed by atoms with E-state index in [2.05, 4.69) is 10.2 Å². The monoisotopic (exact) mass is 337 g/mol. The molecule has 1 saturated heterocycles. The van der Waals surface area contributed by atoms with E-state index in [0.29, 0.717) is 17.1 Å². The highest BCUT2D eigenvalue weighted by Crippen LogP contribution is 2.38. The number of morpholine rings is 1. The Balaban J connectivity index is 1.68. The van der Waals surface area contributed by atoms with Crippen LogP contribution >= 0.6 is 11.3 Å². The Bertz CT molecular complexity index is 618. The van der Waals surface area contributed by atoms with Crippen molar-refractivity contribution in [2.75, 3.05) is 25.0 Å². The lowest BCUT2D eigenvalue weighted by molar-refractivity contribution is -0.121. The smallest absolute Gasteiger partial charge is 0.251 e. The van der Waals surface area contributed by atoms with Crippen LogP contribution < -0.4 is 11.1 Å². The summed E-state index contributed by atoms with van der Waals surface area (Å²) in [5.41, 5.74) is 7.07. The van der Waals surface area contributed by atoms with Gasteiger partial charge in [-0.25, -0.2) is 0 Å². The summed E-state index contributed by atoms with van der Waals surface area (Å²) in [6.07, 6.45) is 3.14. The lowest BCUT2D eigenvalue weighted by Crippen LogP contribution is -2.48. The highest BCUT2D eigenvalue weighted by molar-refractivity contribution is 7.17. The SMILES string of the molecule is C[C@@H]1CN(CC(=O)Nc2sc3c(c2C(N)=O)CCC3)C[C@H](C)O1. The Kier molecular flexibility index (Phi) is 4.70. The molecule has 0 saturated carbocycles. The molecule has 0 unspecified atom stereocenters. The molecule has 0 spiro atoms. The molecule has 6 nitrogen and oxygen atoms in total. The van der Waals surface area contributed by atoms with Crippen LogP contribution in [0.4, 0.5) is 5.00 Å². The fourth-order valence-electron chi connectivity index (χ4n) is 3.54. The molecular weight excluding hydrogens is 314 g/mol. The molecule has 2 aliphatic rings. The van der Waals surface area contributed by atoms with Crippen LogP contribution in [0, 0.1) is 0 Å². The Morgan fingerprint density at radius 1 is 1.30 bits per heavy atom. The minimum Gasteiger partial charge on any atom is -0.373 e. The maximum absolute atomic E-state index is 12.4. The summed E-state index contributed by atoms with van der Waals surface area (Å²) in [5.74, 6) is -0.554. The molecule has 0 bridgehead atoms. The summed E-state index contributed by atoms with van der Waals surface area (Å²) in [6, 6.07) is 0. The lowest BCUT2D eigenvalue weighted by Gasteiger charge is -2.34. The lowest BCUT2D eigenvalue weighted by atomic mass is 10.1. The van der Waals surface area contributed by atoms with E-state index >= 15 is 0 Å². The maximum Gasteiger partial charge on any atom is 0.251 e. The zero-order chi connectivity index (χ0) is 16.6. The quantitative estimate of drug-likeness (QED) is 0.869. The molecule has 0 radical (unpaired) electrons. The Morgan fingerprint density at radius 2 is 2.00 bits per heavy atom. The number of thiophene rings is 1. The zero-order valence-electron chi connectivity index (χ0n) is 13.6. The predicted molar refractivity (Wildman–Crippen MR) is 89.9 cm³/mol. The number of carbonyl (C=O) groups excluding carboxylic acids is 2. The summed E-state index contributed by atoms with van der Waals surface area (Å²) >= 11 is 1.49. The van der Waals surface area contributed by atoms with Crippen molar-refractivity contribution >= 4 is 28.2 Å². The van der Waals surface area contributed by atoms with E-state index in [9.17, 15) is 9.59 Å². The molecule has 2 amide bonds. The Hall–Kier alpha value is -1.44. The summed E-state index contributed by atoms with van der Waals surface area (Å²) in [5, 5.41) is 3.51. The molecule has 7 heteroatoms. The highest BCUT2D eigenvalue weighted by Gasteiger charge is 2.27. The van der Waals surface area contributed by atoms with E-state index in [0.717, 1.165) is 37.9 Å². The van der Waals surface area contributed by atoms with Gasteiger partial charge in [0.25, 0.3) is 5.91 Å². The highest BCUT2D eigenvalue weighted by atomic mass is 32.1. The predicted octanol–water partition coefficient (Wildman–Crippen LogP) is 1.38. The van der Waals surface area contributed by atoms with Gasteiger partial charge in [0.2, 0.25) is 5.91 Å². The average Bonchev–Trinajstić information content (AvgIpc) is 2.96. The molecule has 3 rings (SSSR count). The van der Waals surface area contributed by atoms with Gasteiger partial charge in [-0.15, -0.1) is 11.3 Å². The van der Waals surface area contributed by atoms with Gasteiger partial charge < -0.3 is 15.8 Å². The summed E-state index contributed by atoms with van der Waals surface area (Å²) < 4.78 is 5.68. The topological polar surface area (TPSA) is 84.7 Å². The first kappa shape index (κ1) is 16.4. The van der Waals surface area contributed by atoms with Gasteiger partial charge in [0.05, 0.1) is 24.3 Å². The van der Waals surface area contributed by atoms with Crippen LogP contribution in [0.5, 0.6) is 0 Å². The number of primary amides is 1. The van der Waals surface area contributed by atoms with Gasteiger partial charge in [-0.3, -0.25) is 14.5 Å². The van der Waals surface area contributed by atoms with Crippen LogP contribution in [0.3, 0.4) is 0 Å². The molecule has 1 fully saturated rings. The number of hydrogen-bond donors (Lipinski definition) is 2. The second-order valence-electron chi connectivity index (χ2n) is 6.43. The zero-order valence-corrected chi connectivity index (χ0v) is 14.4. The van der Waals surface area contributed by atoms with Crippen LogP contribution in [0.25, 0.3) is 0 Å². The van der Waals surface area contributed by atoms with E-state index in [1.807, 2.05) is 13.8 Å². The van der Waals surface area contributed by atoms with E-state index in [1.54, 1.807) is 0 Å². The van der Waals surface area contributed by atoms with Crippen molar-refractivity contribution in [3.05, 3.63) is 16.0 Å². The molecule has 1 aromatic heterocycles. The minimum atomic E-state index is -0.451. The van der Waals surface area contributed by atoms with E-state index in [1.165, 1.54) is 16.2 Å². The number of hydrogen-bond acceptors (Lipinski definition) is 5. The van der Waals surface area contributed by atoms with Gasteiger partial charge in [-0.05, 0) is 38.7 Å². The number of amides is 2.